The van der Waals surface area contributed by atoms with Gasteiger partial charge in [0.2, 0.25) is 0 Å². The Balaban J connectivity index is 1.92. The van der Waals surface area contributed by atoms with Gasteiger partial charge >= 0.3 is 0 Å². The van der Waals surface area contributed by atoms with Crippen LogP contribution in [0.3, 0.4) is 0 Å². The molecule has 1 unspecified atom stereocenters. The van der Waals surface area contributed by atoms with Crippen molar-refractivity contribution in [2.45, 2.75) is 38.5 Å². The molecule has 1 aliphatic rings. The Morgan fingerprint density at radius 3 is 2.28 bits per heavy atom. The molecule has 0 aliphatic carbocycles. The first kappa shape index (κ1) is 13.4. The van der Waals surface area contributed by atoms with Crippen molar-refractivity contribution in [3.8, 4) is 0 Å². The predicted molar refractivity (Wildman–Crippen MR) is 79.9 cm³/mol. The average molecular weight is 243 g/mol. The van der Waals surface area contributed by atoms with E-state index in [1.807, 2.05) is 6.08 Å². The Hall–Kier alpha value is -1.08. The molecule has 1 heterocycles. The summed E-state index contributed by atoms with van der Waals surface area (Å²) in [5, 5.41) is 0. The summed E-state index contributed by atoms with van der Waals surface area (Å²) in [6, 6.07) is 8.83. The van der Waals surface area contributed by atoms with Crippen LogP contribution >= 0.6 is 0 Å². The third-order valence-corrected chi connectivity index (χ3v) is 3.97. The van der Waals surface area contributed by atoms with Gasteiger partial charge in [-0.1, -0.05) is 56.7 Å². The number of nitrogens with zero attached hydrogens (tertiary/aromatic N) is 1. The SMILES string of the molecule is C=Cc1ccc(C(C)CN2CCCCCC2)cc1. The van der Waals surface area contributed by atoms with Crippen LogP contribution in [0.2, 0.25) is 0 Å². The number of benzene rings is 1. The molecule has 0 radical (unpaired) electrons. The highest BCUT2D eigenvalue weighted by Gasteiger charge is 2.13. The predicted octanol–water partition coefficient (Wildman–Crippen LogP) is 4.31. The van der Waals surface area contributed by atoms with Crippen molar-refractivity contribution in [1.29, 1.82) is 0 Å². The van der Waals surface area contributed by atoms with Gasteiger partial charge in [-0.15, -0.1) is 0 Å². The summed E-state index contributed by atoms with van der Waals surface area (Å²) in [7, 11) is 0. The van der Waals surface area contributed by atoms with E-state index in [4.69, 9.17) is 0 Å². The van der Waals surface area contributed by atoms with Crippen molar-refractivity contribution in [2.24, 2.45) is 0 Å². The van der Waals surface area contributed by atoms with Crippen LogP contribution in [0.1, 0.15) is 49.7 Å². The minimum absolute atomic E-state index is 0.627. The standard InChI is InChI=1S/C17H25N/c1-3-16-8-10-17(11-9-16)15(2)14-18-12-6-4-5-7-13-18/h3,8-11,15H,1,4-7,12-14H2,2H3. The zero-order chi connectivity index (χ0) is 12.8. The maximum absolute atomic E-state index is 3.80. The van der Waals surface area contributed by atoms with Crippen LogP contribution in [0.25, 0.3) is 6.08 Å². The lowest BCUT2D eigenvalue weighted by atomic mass is 9.99. The molecule has 1 nitrogen and oxygen atoms in total. The second-order valence-electron chi connectivity index (χ2n) is 5.49. The molecule has 1 heteroatoms. The molecule has 1 aromatic rings. The first-order valence-corrected chi connectivity index (χ1v) is 7.24. The molecular weight excluding hydrogens is 218 g/mol. The topological polar surface area (TPSA) is 3.24 Å². The summed E-state index contributed by atoms with van der Waals surface area (Å²) in [6.07, 6.45) is 7.49. The third kappa shape index (κ3) is 3.71. The largest absolute Gasteiger partial charge is 0.303 e. The summed E-state index contributed by atoms with van der Waals surface area (Å²) in [5.41, 5.74) is 2.66. The first-order chi connectivity index (χ1) is 8.79. The van der Waals surface area contributed by atoms with Crippen molar-refractivity contribution in [3.63, 3.8) is 0 Å². The van der Waals surface area contributed by atoms with Gasteiger partial charge in [-0.05, 0) is 43.0 Å². The van der Waals surface area contributed by atoms with Crippen LogP contribution < -0.4 is 0 Å². The number of hydrogen-bond donors (Lipinski definition) is 0. The zero-order valence-electron chi connectivity index (χ0n) is 11.6. The molecule has 1 atom stereocenters. The maximum Gasteiger partial charge on any atom is 0.00476 e. The summed E-state index contributed by atoms with van der Waals surface area (Å²) >= 11 is 0. The molecule has 1 fully saturated rings. The lowest BCUT2D eigenvalue weighted by Gasteiger charge is -2.24. The van der Waals surface area contributed by atoms with Gasteiger partial charge in [0.25, 0.3) is 0 Å². The third-order valence-electron chi connectivity index (χ3n) is 3.97. The Morgan fingerprint density at radius 1 is 1.11 bits per heavy atom. The van der Waals surface area contributed by atoms with Gasteiger partial charge in [-0.2, -0.15) is 0 Å². The summed E-state index contributed by atoms with van der Waals surface area (Å²) in [5.74, 6) is 0.627. The van der Waals surface area contributed by atoms with Crippen LogP contribution in [0.15, 0.2) is 30.8 Å². The van der Waals surface area contributed by atoms with Crippen molar-refractivity contribution in [2.75, 3.05) is 19.6 Å². The molecule has 1 saturated heterocycles. The molecule has 1 aliphatic heterocycles. The number of likely N-dealkylation sites (tertiary alicyclic amines) is 1. The fourth-order valence-corrected chi connectivity index (χ4v) is 2.77. The van der Waals surface area contributed by atoms with Crippen LogP contribution in [-0.4, -0.2) is 24.5 Å². The van der Waals surface area contributed by atoms with Gasteiger partial charge < -0.3 is 4.90 Å². The van der Waals surface area contributed by atoms with E-state index in [9.17, 15) is 0 Å². The van der Waals surface area contributed by atoms with E-state index in [0.717, 1.165) is 0 Å². The quantitative estimate of drug-likeness (QED) is 0.761. The van der Waals surface area contributed by atoms with Crippen LogP contribution in [0.4, 0.5) is 0 Å². The van der Waals surface area contributed by atoms with Crippen LogP contribution in [0.5, 0.6) is 0 Å². The van der Waals surface area contributed by atoms with Gasteiger partial charge in [-0.3, -0.25) is 0 Å². The molecular formula is C17H25N. The number of hydrogen-bond acceptors (Lipinski definition) is 1. The minimum atomic E-state index is 0.627. The lowest BCUT2D eigenvalue weighted by molar-refractivity contribution is 0.271. The van der Waals surface area contributed by atoms with Crippen molar-refractivity contribution in [1.82, 2.24) is 4.90 Å². The summed E-state index contributed by atoms with van der Waals surface area (Å²) < 4.78 is 0. The second kappa shape index (κ2) is 6.75. The van der Waals surface area contributed by atoms with Crippen molar-refractivity contribution in [3.05, 3.63) is 42.0 Å². The zero-order valence-corrected chi connectivity index (χ0v) is 11.6. The van der Waals surface area contributed by atoms with Crippen LogP contribution in [-0.2, 0) is 0 Å². The molecule has 0 aromatic heterocycles. The van der Waals surface area contributed by atoms with E-state index in [0.29, 0.717) is 5.92 Å². The second-order valence-corrected chi connectivity index (χ2v) is 5.49. The highest BCUT2D eigenvalue weighted by molar-refractivity contribution is 5.47. The Bertz CT molecular complexity index is 358. The maximum atomic E-state index is 3.80. The first-order valence-electron chi connectivity index (χ1n) is 7.24. The smallest absolute Gasteiger partial charge is 0.00476 e. The normalized spacial score (nSPS) is 19.2. The van der Waals surface area contributed by atoms with Gasteiger partial charge in [0.05, 0.1) is 0 Å². The average Bonchev–Trinajstić information content (AvgIpc) is 2.67. The van der Waals surface area contributed by atoms with Crippen molar-refractivity contribution < 1.29 is 0 Å². The Labute approximate surface area is 112 Å². The molecule has 98 valence electrons. The Morgan fingerprint density at radius 2 is 1.72 bits per heavy atom. The van der Waals surface area contributed by atoms with E-state index >= 15 is 0 Å². The lowest BCUT2D eigenvalue weighted by Crippen LogP contribution is -2.28. The van der Waals surface area contributed by atoms with E-state index in [1.165, 1.54) is 56.4 Å². The Kier molecular flexibility index (Phi) is 5.00. The van der Waals surface area contributed by atoms with E-state index in [2.05, 4.69) is 42.7 Å². The highest BCUT2D eigenvalue weighted by Crippen LogP contribution is 2.19. The highest BCUT2D eigenvalue weighted by atomic mass is 15.1. The van der Waals surface area contributed by atoms with Gasteiger partial charge in [0.15, 0.2) is 0 Å². The van der Waals surface area contributed by atoms with E-state index in [-0.39, 0.29) is 0 Å². The molecule has 0 amide bonds. The number of rotatable bonds is 4. The van der Waals surface area contributed by atoms with E-state index < -0.39 is 0 Å². The fourth-order valence-electron chi connectivity index (χ4n) is 2.77. The molecule has 0 bridgehead atoms. The minimum Gasteiger partial charge on any atom is -0.303 e. The molecule has 18 heavy (non-hydrogen) atoms. The molecule has 0 N–H and O–H groups in total. The van der Waals surface area contributed by atoms with Crippen LogP contribution in [0, 0.1) is 0 Å². The molecule has 0 saturated carbocycles. The fraction of sp³-hybridized carbons (Fsp3) is 0.529. The monoisotopic (exact) mass is 243 g/mol. The summed E-state index contributed by atoms with van der Waals surface area (Å²) in [4.78, 5) is 2.64. The van der Waals surface area contributed by atoms with E-state index in [1.54, 1.807) is 0 Å². The summed E-state index contributed by atoms with van der Waals surface area (Å²) in [6.45, 7) is 9.92. The van der Waals surface area contributed by atoms with Crippen molar-refractivity contribution >= 4 is 6.08 Å². The van der Waals surface area contributed by atoms with Gasteiger partial charge in [-0.25, -0.2) is 0 Å². The van der Waals surface area contributed by atoms with Gasteiger partial charge in [0.1, 0.15) is 0 Å². The van der Waals surface area contributed by atoms with Gasteiger partial charge in [0, 0.05) is 6.54 Å². The molecule has 0 spiro atoms. The molecule has 1 aromatic carbocycles. The molecule has 2 rings (SSSR count).